The predicted molar refractivity (Wildman–Crippen MR) is 70.4 cm³/mol. The van der Waals surface area contributed by atoms with Crippen molar-refractivity contribution in [2.45, 2.75) is 25.5 Å². The standard InChI is InChI=1S/C14H19NO4/c1-10(9-12(16)18-2)15-14(17)13(19-3)11-7-5-4-6-8-11/h4-8,10,13H,9H2,1-3H3,(H,15,17). The molecule has 5 heteroatoms. The fourth-order valence-electron chi connectivity index (χ4n) is 1.73. The van der Waals surface area contributed by atoms with Gasteiger partial charge >= 0.3 is 5.97 Å². The summed E-state index contributed by atoms with van der Waals surface area (Å²) in [5, 5.41) is 2.73. The zero-order valence-electron chi connectivity index (χ0n) is 11.4. The molecule has 5 nitrogen and oxygen atoms in total. The van der Waals surface area contributed by atoms with Crippen LogP contribution >= 0.6 is 0 Å². The molecule has 0 spiro atoms. The van der Waals surface area contributed by atoms with E-state index < -0.39 is 6.10 Å². The first-order chi connectivity index (χ1) is 9.08. The number of rotatable bonds is 6. The molecule has 2 unspecified atom stereocenters. The summed E-state index contributed by atoms with van der Waals surface area (Å²) in [5.41, 5.74) is 0.771. The van der Waals surface area contributed by atoms with Gasteiger partial charge in [0.1, 0.15) is 0 Å². The minimum Gasteiger partial charge on any atom is -0.469 e. The molecule has 0 bridgehead atoms. The molecule has 0 saturated carbocycles. The maximum absolute atomic E-state index is 12.1. The number of methoxy groups -OCH3 is 2. The average Bonchev–Trinajstić information content (AvgIpc) is 2.40. The number of hydrogen-bond acceptors (Lipinski definition) is 4. The molecular formula is C14H19NO4. The van der Waals surface area contributed by atoms with Gasteiger partial charge in [0.25, 0.3) is 5.91 Å². The lowest BCUT2D eigenvalue weighted by molar-refractivity contribution is -0.141. The van der Waals surface area contributed by atoms with Gasteiger partial charge in [-0.2, -0.15) is 0 Å². The van der Waals surface area contributed by atoms with E-state index in [4.69, 9.17) is 4.74 Å². The van der Waals surface area contributed by atoms with Crippen LogP contribution in [-0.4, -0.2) is 32.1 Å². The van der Waals surface area contributed by atoms with Gasteiger partial charge in [-0.25, -0.2) is 0 Å². The van der Waals surface area contributed by atoms with Gasteiger partial charge in [0, 0.05) is 13.2 Å². The van der Waals surface area contributed by atoms with Crippen LogP contribution in [0.15, 0.2) is 30.3 Å². The molecule has 1 amide bonds. The Kier molecular flexibility index (Phi) is 6.02. The van der Waals surface area contributed by atoms with Crippen LogP contribution in [0, 0.1) is 0 Å². The first-order valence-corrected chi connectivity index (χ1v) is 6.03. The van der Waals surface area contributed by atoms with E-state index in [0.29, 0.717) is 0 Å². The molecule has 0 saturated heterocycles. The largest absolute Gasteiger partial charge is 0.469 e. The number of hydrogen-bond donors (Lipinski definition) is 1. The zero-order valence-corrected chi connectivity index (χ0v) is 11.4. The molecule has 1 N–H and O–H groups in total. The van der Waals surface area contributed by atoms with E-state index in [2.05, 4.69) is 10.1 Å². The van der Waals surface area contributed by atoms with E-state index in [-0.39, 0.29) is 24.3 Å². The molecule has 0 aliphatic carbocycles. The van der Waals surface area contributed by atoms with Gasteiger partial charge in [0.05, 0.1) is 13.5 Å². The Morgan fingerprint density at radius 1 is 1.21 bits per heavy atom. The van der Waals surface area contributed by atoms with Gasteiger partial charge in [-0.15, -0.1) is 0 Å². The normalized spacial score (nSPS) is 13.4. The van der Waals surface area contributed by atoms with Gasteiger partial charge in [0.2, 0.25) is 0 Å². The lowest BCUT2D eigenvalue weighted by atomic mass is 10.1. The first-order valence-electron chi connectivity index (χ1n) is 6.03. The van der Waals surface area contributed by atoms with Crippen LogP contribution < -0.4 is 5.32 Å². The van der Waals surface area contributed by atoms with Gasteiger partial charge in [-0.3, -0.25) is 9.59 Å². The molecular weight excluding hydrogens is 246 g/mol. The molecule has 19 heavy (non-hydrogen) atoms. The van der Waals surface area contributed by atoms with Crippen molar-refractivity contribution in [2.24, 2.45) is 0 Å². The zero-order chi connectivity index (χ0) is 14.3. The number of amides is 1. The number of nitrogens with one attached hydrogen (secondary N) is 1. The van der Waals surface area contributed by atoms with E-state index >= 15 is 0 Å². The van der Waals surface area contributed by atoms with Gasteiger partial charge in [0.15, 0.2) is 6.10 Å². The van der Waals surface area contributed by atoms with Crippen molar-refractivity contribution in [2.75, 3.05) is 14.2 Å². The highest BCUT2D eigenvalue weighted by molar-refractivity contribution is 5.83. The van der Waals surface area contributed by atoms with Gasteiger partial charge in [-0.1, -0.05) is 30.3 Å². The maximum Gasteiger partial charge on any atom is 0.307 e. The van der Waals surface area contributed by atoms with Crippen molar-refractivity contribution < 1.29 is 19.1 Å². The van der Waals surface area contributed by atoms with Crippen molar-refractivity contribution in [3.05, 3.63) is 35.9 Å². The number of ether oxygens (including phenoxy) is 2. The van der Waals surface area contributed by atoms with Crippen LogP contribution in [0.4, 0.5) is 0 Å². The lowest BCUT2D eigenvalue weighted by Gasteiger charge is -2.19. The summed E-state index contributed by atoms with van der Waals surface area (Å²) in [5.74, 6) is -0.633. The highest BCUT2D eigenvalue weighted by Crippen LogP contribution is 2.16. The first kappa shape index (κ1) is 15.2. The summed E-state index contributed by atoms with van der Waals surface area (Å²) >= 11 is 0. The van der Waals surface area contributed by atoms with E-state index in [0.717, 1.165) is 5.56 Å². The number of esters is 1. The van der Waals surface area contributed by atoms with Crippen molar-refractivity contribution in [1.29, 1.82) is 0 Å². The van der Waals surface area contributed by atoms with Gasteiger partial charge < -0.3 is 14.8 Å². The molecule has 1 aromatic carbocycles. The third-order valence-corrected chi connectivity index (χ3v) is 2.67. The Bertz CT molecular complexity index is 419. The Labute approximate surface area is 112 Å². The molecule has 1 aromatic rings. The summed E-state index contributed by atoms with van der Waals surface area (Å²) < 4.78 is 9.75. The van der Waals surface area contributed by atoms with E-state index in [9.17, 15) is 9.59 Å². The minimum atomic E-state index is -0.679. The molecule has 0 fully saturated rings. The molecule has 0 heterocycles. The topological polar surface area (TPSA) is 64.6 Å². The summed E-state index contributed by atoms with van der Waals surface area (Å²) in [4.78, 5) is 23.2. The second kappa shape index (κ2) is 7.53. The molecule has 2 atom stereocenters. The van der Waals surface area contributed by atoms with E-state index in [1.165, 1.54) is 14.2 Å². The van der Waals surface area contributed by atoms with Crippen LogP contribution in [-0.2, 0) is 19.1 Å². The molecule has 0 aliphatic rings. The summed E-state index contributed by atoms with van der Waals surface area (Å²) in [6, 6.07) is 8.88. The van der Waals surface area contributed by atoms with Crippen molar-refractivity contribution in [1.82, 2.24) is 5.32 Å². The van der Waals surface area contributed by atoms with Crippen molar-refractivity contribution in [3.63, 3.8) is 0 Å². The van der Waals surface area contributed by atoms with Crippen LogP contribution in [0.25, 0.3) is 0 Å². The van der Waals surface area contributed by atoms with Crippen molar-refractivity contribution in [3.8, 4) is 0 Å². The third kappa shape index (κ3) is 4.71. The highest BCUT2D eigenvalue weighted by atomic mass is 16.5. The molecule has 104 valence electrons. The quantitative estimate of drug-likeness (QED) is 0.790. The molecule has 0 aliphatic heterocycles. The summed E-state index contributed by atoms with van der Waals surface area (Å²) in [6.07, 6.45) is -0.547. The number of carbonyl (C=O) groups excluding carboxylic acids is 2. The van der Waals surface area contributed by atoms with Gasteiger partial charge in [-0.05, 0) is 12.5 Å². The molecule has 1 rings (SSSR count). The Balaban J connectivity index is 2.62. The minimum absolute atomic E-state index is 0.132. The smallest absolute Gasteiger partial charge is 0.307 e. The fraction of sp³-hybridized carbons (Fsp3) is 0.429. The molecule has 0 radical (unpaired) electrons. The second-order valence-corrected chi connectivity index (χ2v) is 4.22. The number of benzene rings is 1. The summed E-state index contributed by atoms with van der Waals surface area (Å²) in [6.45, 7) is 1.74. The Morgan fingerprint density at radius 2 is 1.84 bits per heavy atom. The lowest BCUT2D eigenvalue weighted by Crippen LogP contribution is -2.38. The second-order valence-electron chi connectivity index (χ2n) is 4.22. The predicted octanol–water partition coefficient (Wildman–Crippen LogP) is 1.44. The molecule has 0 aromatic heterocycles. The SMILES string of the molecule is COC(=O)CC(C)NC(=O)C(OC)c1ccccc1. The Morgan fingerprint density at radius 3 is 2.37 bits per heavy atom. The van der Waals surface area contributed by atoms with Crippen LogP contribution in [0.3, 0.4) is 0 Å². The van der Waals surface area contributed by atoms with Crippen molar-refractivity contribution >= 4 is 11.9 Å². The monoisotopic (exact) mass is 265 g/mol. The Hall–Kier alpha value is -1.88. The van der Waals surface area contributed by atoms with Crippen LogP contribution in [0.1, 0.15) is 25.0 Å². The van der Waals surface area contributed by atoms with E-state index in [1.807, 2.05) is 30.3 Å². The van der Waals surface area contributed by atoms with E-state index in [1.54, 1.807) is 6.92 Å². The third-order valence-electron chi connectivity index (χ3n) is 2.67. The maximum atomic E-state index is 12.1. The highest BCUT2D eigenvalue weighted by Gasteiger charge is 2.22. The van der Waals surface area contributed by atoms with Crippen LogP contribution in [0.5, 0.6) is 0 Å². The fourth-order valence-corrected chi connectivity index (χ4v) is 1.73. The average molecular weight is 265 g/mol. The number of carbonyl (C=O) groups is 2. The summed E-state index contributed by atoms with van der Waals surface area (Å²) in [7, 11) is 2.79. The van der Waals surface area contributed by atoms with Crippen LogP contribution in [0.2, 0.25) is 0 Å².